The van der Waals surface area contributed by atoms with E-state index < -0.39 is 15.9 Å². The summed E-state index contributed by atoms with van der Waals surface area (Å²) in [5, 5.41) is 7.24. The standard InChI is InChI=1S/C24H24N6O5S/c1-2-17-14-22(31)27-24(25-17)30-21(15-19(28-30)20-6-5-13-35-20)26-23(32)16-7-9-18(10-8-16)36(33,34)29-11-3-4-12-29/h5-10,13-15H,2-4,11-12H2,1H3,(H,26,32)(H,25,27,31). The minimum atomic E-state index is -3.58. The van der Waals surface area contributed by atoms with Gasteiger partial charge in [0.1, 0.15) is 11.5 Å². The van der Waals surface area contributed by atoms with Crippen molar-refractivity contribution in [3.63, 3.8) is 0 Å². The fourth-order valence-corrected chi connectivity index (χ4v) is 5.51. The van der Waals surface area contributed by atoms with Crippen molar-refractivity contribution in [2.24, 2.45) is 0 Å². The summed E-state index contributed by atoms with van der Waals surface area (Å²) in [5.74, 6) is 0.368. The summed E-state index contributed by atoms with van der Waals surface area (Å²) in [7, 11) is -3.58. The molecule has 0 saturated carbocycles. The second-order valence-electron chi connectivity index (χ2n) is 8.31. The molecule has 1 saturated heterocycles. The Hall–Kier alpha value is -4.03. The van der Waals surface area contributed by atoms with E-state index in [1.54, 1.807) is 18.2 Å². The first-order valence-corrected chi connectivity index (χ1v) is 13.0. The number of amides is 1. The highest BCUT2D eigenvalue weighted by Gasteiger charge is 2.27. The van der Waals surface area contributed by atoms with Crippen LogP contribution in [0.15, 0.2) is 68.9 Å². The Kier molecular flexibility index (Phi) is 6.29. The van der Waals surface area contributed by atoms with Crippen LogP contribution in [0.1, 0.15) is 35.8 Å². The van der Waals surface area contributed by atoms with Crippen LogP contribution in [0.2, 0.25) is 0 Å². The van der Waals surface area contributed by atoms with Gasteiger partial charge in [-0.3, -0.25) is 14.6 Å². The molecule has 11 nitrogen and oxygen atoms in total. The number of rotatable bonds is 7. The van der Waals surface area contributed by atoms with Crippen LogP contribution in [0.25, 0.3) is 17.4 Å². The van der Waals surface area contributed by atoms with Crippen molar-refractivity contribution < 1.29 is 17.6 Å². The zero-order valence-corrected chi connectivity index (χ0v) is 20.3. The van der Waals surface area contributed by atoms with Crippen molar-refractivity contribution in [3.05, 3.63) is 76.4 Å². The summed E-state index contributed by atoms with van der Waals surface area (Å²) >= 11 is 0. The lowest BCUT2D eigenvalue weighted by Gasteiger charge is -2.15. The lowest BCUT2D eigenvalue weighted by Crippen LogP contribution is -2.27. The van der Waals surface area contributed by atoms with E-state index in [0.29, 0.717) is 36.7 Å². The van der Waals surface area contributed by atoms with Crippen molar-refractivity contribution in [1.29, 1.82) is 0 Å². The van der Waals surface area contributed by atoms with Crippen molar-refractivity contribution in [1.82, 2.24) is 24.1 Å². The highest BCUT2D eigenvalue weighted by atomic mass is 32.2. The van der Waals surface area contributed by atoms with Crippen LogP contribution in [0.3, 0.4) is 0 Å². The fraction of sp³-hybridized carbons (Fsp3) is 0.250. The van der Waals surface area contributed by atoms with Crippen molar-refractivity contribution in [2.45, 2.75) is 31.1 Å². The molecule has 4 heterocycles. The molecule has 0 spiro atoms. The van der Waals surface area contributed by atoms with Crippen LogP contribution in [-0.4, -0.2) is 51.5 Å². The van der Waals surface area contributed by atoms with Crippen molar-refractivity contribution >= 4 is 21.7 Å². The molecule has 4 aromatic rings. The molecule has 1 aliphatic rings. The third kappa shape index (κ3) is 4.60. The van der Waals surface area contributed by atoms with Gasteiger partial charge in [0, 0.05) is 36.5 Å². The van der Waals surface area contributed by atoms with Crippen LogP contribution in [0, 0.1) is 0 Å². The van der Waals surface area contributed by atoms with Gasteiger partial charge in [-0.25, -0.2) is 13.4 Å². The number of aromatic amines is 1. The van der Waals surface area contributed by atoms with E-state index in [2.05, 4.69) is 20.4 Å². The lowest BCUT2D eigenvalue weighted by atomic mass is 10.2. The van der Waals surface area contributed by atoms with Crippen LogP contribution >= 0.6 is 0 Å². The molecule has 36 heavy (non-hydrogen) atoms. The first-order valence-electron chi connectivity index (χ1n) is 11.5. The van der Waals surface area contributed by atoms with Gasteiger partial charge in [-0.2, -0.15) is 14.1 Å². The minimum Gasteiger partial charge on any atom is -0.463 e. The summed E-state index contributed by atoms with van der Waals surface area (Å²) in [5.41, 5.74) is 0.896. The maximum Gasteiger partial charge on any atom is 0.256 e. The molecule has 1 aromatic carbocycles. The zero-order chi connectivity index (χ0) is 25.3. The average Bonchev–Trinajstić information content (AvgIpc) is 3.66. The first-order chi connectivity index (χ1) is 17.3. The molecule has 12 heteroatoms. The largest absolute Gasteiger partial charge is 0.463 e. The van der Waals surface area contributed by atoms with Gasteiger partial charge in [0.15, 0.2) is 5.76 Å². The van der Waals surface area contributed by atoms with Gasteiger partial charge in [-0.05, 0) is 55.7 Å². The third-order valence-electron chi connectivity index (χ3n) is 5.89. The van der Waals surface area contributed by atoms with Gasteiger partial charge in [0.25, 0.3) is 11.5 Å². The molecule has 0 atom stereocenters. The number of H-pyrrole nitrogens is 1. The normalized spacial score (nSPS) is 14.2. The Morgan fingerprint density at radius 3 is 2.56 bits per heavy atom. The number of sulfonamides is 1. The van der Waals surface area contributed by atoms with Gasteiger partial charge < -0.3 is 9.73 Å². The third-order valence-corrected chi connectivity index (χ3v) is 7.80. The molecular weight excluding hydrogens is 484 g/mol. The predicted molar refractivity (Wildman–Crippen MR) is 131 cm³/mol. The van der Waals surface area contributed by atoms with Gasteiger partial charge in [-0.15, -0.1) is 0 Å². The van der Waals surface area contributed by atoms with Gasteiger partial charge >= 0.3 is 0 Å². The molecule has 3 aromatic heterocycles. The fourth-order valence-electron chi connectivity index (χ4n) is 4.00. The molecule has 0 aliphatic carbocycles. The molecule has 1 amide bonds. The van der Waals surface area contributed by atoms with Crippen LogP contribution < -0.4 is 10.9 Å². The Morgan fingerprint density at radius 2 is 1.89 bits per heavy atom. The van der Waals surface area contributed by atoms with Gasteiger partial charge in [-0.1, -0.05) is 6.92 Å². The number of carbonyl (C=O) groups is 1. The molecule has 0 radical (unpaired) electrons. The smallest absolute Gasteiger partial charge is 0.256 e. The van der Waals surface area contributed by atoms with E-state index in [1.165, 1.54) is 45.6 Å². The monoisotopic (exact) mass is 508 g/mol. The van der Waals surface area contributed by atoms with E-state index in [4.69, 9.17) is 4.42 Å². The number of hydrogen-bond acceptors (Lipinski definition) is 7. The number of anilines is 1. The Labute approximate surface area is 206 Å². The summed E-state index contributed by atoms with van der Waals surface area (Å²) < 4.78 is 33.7. The van der Waals surface area contributed by atoms with Gasteiger partial charge in [0.05, 0.1) is 11.2 Å². The molecule has 1 aliphatic heterocycles. The zero-order valence-electron chi connectivity index (χ0n) is 19.5. The van der Waals surface area contributed by atoms with E-state index in [0.717, 1.165) is 12.8 Å². The molecule has 5 rings (SSSR count). The Morgan fingerprint density at radius 1 is 1.14 bits per heavy atom. The summed E-state index contributed by atoms with van der Waals surface area (Å²) in [6.07, 6.45) is 3.73. The minimum absolute atomic E-state index is 0.138. The predicted octanol–water partition coefficient (Wildman–Crippen LogP) is 2.81. The van der Waals surface area contributed by atoms with E-state index in [1.807, 2.05) is 6.92 Å². The second kappa shape index (κ2) is 9.55. The first kappa shape index (κ1) is 23.7. The van der Waals surface area contributed by atoms with E-state index in [9.17, 15) is 18.0 Å². The summed E-state index contributed by atoms with van der Waals surface area (Å²) in [6.45, 7) is 2.88. The van der Waals surface area contributed by atoms with Crippen LogP contribution in [0.5, 0.6) is 0 Å². The summed E-state index contributed by atoms with van der Waals surface area (Å²) in [4.78, 5) is 32.4. The summed E-state index contributed by atoms with van der Waals surface area (Å²) in [6, 6.07) is 12.2. The maximum atomic E-state index is 13.1. The second-order valence-corrected chi connectivity index (χ2v) is 10.2. The Balaban J connectivity index is 1.46. The quantitative estimate of drug-likeness (QED) is 0.391. The molecule has 1 fully saturated rings. The molecule has 0 bridgehead atoms. The van der Waals surface area contributed by atoms with Crippen molar-refractivity contribution in [3.8, 4) is 17.4 Å². The number of hydrogen-bond donors (Lipinski definition) is 2. The van der Waals surface area contributed by atoms with E-state index in [-0.39, 0.29) is 27.8 Å². The van der Waals surface area contributed by atoms with Crippen LogP contribution in [0.4, 0.5) is 5.82 Å². The molecule has 2 N–H and O–H groups in total. The lowest BCUT2D eigenvalue weighted by molar-refractivity contribution is 0.102. The number of aromatic nitrogens is 4. The number of nitrogens with zero attached hydrogens (tertiary/aromatic N) is 4. The number of benzene rings is 1. The SMILES string of the molecule is CCc1cc(=O)[nH]c(-n2nc(-c3ccco3)cc2NC(=O)c2ccc(S(=O)(=O)N3CCCC3)cc2)n1. The molecular formula is C24H24N6O5S. The highest BCUT2D eigenvalue weighted by molar-refractivity contribution is 7.89. The Bertz CT molecular complexity index is 1550. The molecule has 186 valence electrons. The maximum absolute atomic E-state index is 13.1. The number of carbonyl (C=O) groups excluding carboxylic acids is 1. The van der Waals surface area contributed by atoms with Crippen LogP contribution in [-0.2, 0) is 16.4 Å². The van der Waals surface area contributed by atoms with E-state index >= 15 is 0 Å². The molecule has 0 unspecified atom stereocenters. The number of nitrogens with one attached hydrogen (secondary N) is 2. The number of furan rings is 1. The van der Waals surface area contributed by atoms with Gasteiger partial charge in [0.2, 0.25) is 16.0 Å². The topological polar surface area (TPSA) is 143 Å². The number of aryl methyl sites for hydroxylation is 1. The van der Waals surface area contributed by atoms with Crippen molar-refractivity contribution in [2.75, 3.05) is 18.4 Å². The highest BCUT2D eigenvalue weighted by Crippen LogP contribution is 2.25. The average molecular weight is 509 g/mol.